The molecule has 0 fully saturated rings. The summed E-state index contributed by atoms with van der Waals surface area (Å²) in [5.41, 5.74) is 0.110. The van der Waals surface area contributed by atoms with Gasteiger partial charge in [-0.3, -0.25) is 9.48 Å². The van der Waals surface area contributed by atoms with E-state index >= 15 is 0 Å². The number of amides is 1. The van der Waals surface area contributed by atoms with Gasteiger partial charge in [0.15, 0.2) is 0 Å². The number of rotatable bonds is 5. The summed E-state index contributed by atoms with van der Waals surface area (Å²) in [6.07, 6.45) is 2.07. The van der Waals surface area contributed by atoms with Gasteiger partial charge in [-0.25, -0.2) is 8.78 Å². The molecule has 0 aliphatic heterocycles. The van der Waals surface area contributed by atoms with Crippen molar-refractivity contribution in [3.05, 3.63) is 57.9 Å². The summed E-state index contributed by atoms with van der Waals surface area (Å²) in [5, 5.41) is 26.2. The lowest BCUT2D eigenvalue weighted by molar-refractivity contribution is 0.0961. The smallest absolute Gasteiger partial charge is 0.259 e. The van der Waals surface area contributed by atoms with E-state index in [1.807, 2.05) is 6.92 Å². The van der Waals surface area contributed by atoms with Crippen molar-refractivity contribution < 1.29 is 23.8 Å². The van der Waals surface area contributed by atoms with Gasteiger partial charge in [-0.05, 0) is 44.0 Å². The average molecular weight is 410 g/mol. The van der Waals surface area contributed by atoms with Gasteiger partial charge in [0.05, 0.1) is 29.3 Å². The number of phenols is 1. The summed E-state index contributed by atoms with van der Waals surface area (Å²) in [6.45, 7) is 2.01. The zero-order valence-electron chi connectivity index (χ0n) is 15.0. The van der Waals surface area contributed by atoms with Gasteiger partial charge in [-0.1, -0.05) is 11.6 Å². The molecule has 0 unspecified atom stereocenters. The van der Waals surface area contributed by atoms with Crippen LogP contribution in [-0.4, -0.2) is 25.9 Å². The predicted octanol–water partition coefficient (Wildman–Crippen LogP) is 3.73. The molecule has 1 amide bonds. The predicted molar refractivity (Wildman–Crippen MR) is 99.7 cm³/mol. The van der Waals surface area contributed by atoms with Crippen molar-refractivity contribution in [2.45, 2.75) is 32.9 Å². The fourth-order valence-corrected chi connectivity index (χ4v) is 3.17. The number of aryl methyl sites for hydroxylation is 1. The fourth-order valence-electron chi connectivity index (χ4n) is 2.92. The van der Waals surface area contributed by atoms with Crippen molar-refractivity contribution >= 4 is 17.5 Å². The molecule has 0 spiro atoms. The van der Waals surface area contributed by atoms with Gasteiger partial charge in [0.1, 0.15) is 17.4 Å². The van der Waals surface area contributed by atoms with Gasteiger partial charge in [-0.2, -0.15) is 5.10 Å². The van der Waals surface area contributed by atoms with Crippen molar-refractivity contribution in [1.29, 1.82) is 0 Å². The molecule has 0 bridgehead atoms. The third-order valence-corrected chi connectivity index (χ3v) is 4.74. The molecule has 1 aliphatic rings. The summed E-state index contributed by atoms with van der Waals surface area (Å²) >= 11 is 5.95. The Balaban J connectivity index is 1.93. The van der Waals surface area contributed by atoms with Crippen LogP contribution in [0.3, 0.4) is 0 Å². The summed E-state index contributed by atoms with van der Waals surface area (Å²) < 4.78 is 30.0. The molecule has 3 rings (SSSR count). The zero-order chi connectivity index (χ0) is 20.4. The normalized spacial score (nSPS) is 14.2. The van der Waals surface area contributed by atoms with E-state index in [0.29, 0.717) is 25.1 Å². The third-order valence-electron chi connectivity index (χ3n) is 4.37. The molecule has 6 nitrogen and oxygen atoms in total. The van der Waals surface area contributed by atoms with Crippen LogP contribution in [0.25, 0.3) is 11.3 Å². The fraction of sp³-hybridized carbons (Fsp3) is 0.263. The Kier molecular flexibility index (Phi) is 5.81. The zero-order valence-corrected chi connectivity index (χ0v) is 15.7. The van der Waals surface area contributed by atoms with Crippen molar-refractivity contribution in [3.8, 4) is 17.0 Å². The first-order valence-corrected chi connectivity index (χ1v) is 9.00. The molecule has 3 N–H and O–H groups in total. The van der Waals surface area contributed by atoms with Gasteiger partial charge in [0, 0.05) is 17.1 Å². The number of aromatic hydroxyl groups is 1. The first kappa shape index (κ1) is 20.0. The monoisotopic (exact) mass is 409 g/mol. The van der Waals surface area contributed by atoms with Gasteiger partial charge in [-0.15, -0.1) is 0 Å². The van der Waals surface area contributed by atoms with Crippen LogP contribution in [0.1, 0.15) is 35.8 Å². The Hall–Kier alpha value is -2.71. The second-order valence-corrected chi connectivity index (χ2v) is 6.62. The van der Waals surface area contributed by atoms with E-state index in [1.165, 1.54) is 16.8 Å². The highest BCUT2D eigenvalue weighted by Gasteiger charge is 2.22. The summed E-state index contributed by atoms with van der Waals surface area (Å²) in [5.74, 6) is -2.87. The molecule has 1 aromatic heterocycles. The van der Waals surface area contributed by atoms with Crippen LogP contribution in [0.2, 0.25) is 0 Å². The van der Waals surface area contributed by atoms with Gasteiger partial charge < -0.3 is 15.5 Å². The topological polar surface area (TPSA) is 87.4 Å². The number of nitrogens with one attached hydrogen (secondary N) is 1. The molecule has 1 aromatic carbocycles. The molecule has 1 aliphatic carbocycles. The van der Waals surface area contributed by atoms with Crippen LogP contribution in [0.5, 0.6) is 5.75 Å². The number of phenolic OH excluding ortho intramolecular Hbond substituents is 1. The van der Waals surface area contributed by atoms with Crippen LogP contribution in [0.4, 0.5) is 8.78 Å². The van der Waals surface area contributed by atoms with Crippen LogP contribution in [0, 0.1) is 5.82 Å². The Labute approximate surface area is 164 Å². The maximum absolute atomic E-state index is 14.6. The lowest BCUT2D eigenvalue weighted by Crippen LogP contribution is -2.25. The first-order valence-electron chi connectivity index (χ1n) is 8.62. The van der Waals surface area contributed by atoms with Crippen molar-refractivity contribution in [2.24, 2.45) is 0 Å². The maximum Gasteiger partial charge on any atom is 0.259 e. The summed E-state index contributed by atoms with van der Waals surface area (Å²) in [7, 11) is 0. The van der Waals surface area contributed by atoms with E-state index in [1.54, 1.807) is 0 Å². The molecule has 0 atom stereocenters. The summed E-state index contributed by atoms with van der Waals surface area (Å²) in [4.78, 5) is 12.4. The number of halogens is 3. The van der Waals surface area contributed by atoms with Crippen molar-refractivity contribution in [3.63, 3.8) is 0 Å². The van der Waals surface area contributed by atoms with Crippen molar-refractivity contribution in [1.82, 2.24) is 15.1 Å². The molecule has 0 radical (unpaired) electrons. The molecular weight excluding hydrogens is 392 g/mol. The number of benzene rings is 1. The Morgan fingerprint density at radius 2 is 2.11 bits per heavy atom. The maximum atomic E-state index is 14.6. The molecule has 9 heteroatoms. The highest BCUT2D eigenvalue weighted by Crippen LogP contribution is 2.31. The number of aliphatic hydroxyl groups is 1. The SMILES string of the molecule is CCn1nc(-c2cc(O)c(C(=O)NC3=C(Cl)CCC=C3F)cc2F)cc1CO. The van der Waals surface area contributed by atoms with Crippen LogP contribution < -0.4 is 5.32 Å². The van der Waals surface area contributed by atoms with E-state index < -0.39 is 23.3 Å². The van der Waals surface area contributed by atoms with Crippen molar-refractivity contribution in [2.75, 3.05) is 0 Å². The van der Waals surface area contributed by atoms with E-state index in [9.17, 15) is 23.8 Å². The quantitative estimate of drug-likeness (QED) is 0.702. The van der Waals surface area contributed by atoms with E-state index in [-0.39, 0.29) is 34.2 Å². The highest BCUT2D eigenvalue weighted by atomic mass is 35.5. The van der Waals surface area contributed by atoms with Gasteiger partial charge in [0.2, 0.25) is 0 Å². The molecule has 2 aromatic rings. The van der Waals surface area contributed by atoms with E-state index in [2.05, 4.69) is 10.4 Å². The lowest BCUT2D eigenvalue weighted by Gasteiger charge is -2.15. The number of aliphatic hydroxyl groups excluding tert-OH is 1. The minimum absolute atomic E-state index is 0.0306. The first-order chi connectivity index (χ1) is 13.3. The standard InChI is InChI=1S/C19H18ClF2N3O3/c1-2-25-10(9-26)6-16(24-25)11-8-17(27)12(7-15(11)22)19(28)23-18-13(20)4-3-5-14(18)21/h5-8,26-27H,2-4,9H2,1H3,(H,23,28). The summed E-state index contributed by atoms with van der Waals surface area (Å²) in [6, 6.07) is 3.41. The number of carbonyl (C=O) groups excluding carboxylic acids is 1. The number of hydrogen-bond donors (Lipinski definition) is 3. The Bertz CT molecular complexity index is 977. The third kappa shape index (κ3) is 3.79. The van der Waals surface area contributed by atoms with Crippen LogP contribution >= 0.6 is 11.6 Å². The minimum Gasteiger partial charge on any atom is -0.507 e. The van der Waals surface area contributed by atoms with E-state index in [4.69, 9.17) is 11.6 Å². The molecular formula is C19H18ClF2N3O3. The number of aromatic nitrogens is 2. The number of nitrogens with zero attached hydrogens (tertiary/aromatic N) is 2. The Morgan fingerprint density at radius 3 is 2.71 bits per heavy atom. The number of allylic oxidation sites excluding steroid dienone is 3. The molecule has 0 saturated carbocycles. The largest absolute Gasteiger partial charge is 0.507 e. The van der Waals surface area contributed by atoms with Gasteiger partial charge >= 0.3 is 0 Å². The number of carbonyl (C=O) groups is 1. The van der Waals surface area contributed by atoms with E-state index in [0.717, 1.165) is 12.1 Å². The molecule has 148 valence electrons. The minimum atomic E-state index is -0.892. The number of hydrogen-bond acceptors (Lipinski definition) is 4. The molecule has 1 heterocycles. The molecule has 0 saturated heterocycles. The Morgan fingerprint density at radius 1 is 1.36 bits per heavy atom. The second-order valence-electron chi connectivity index (χ2n) is 6.17. The average Bonchev–Trinajstić information content (AvgIpc) is 3.09. The molecule has 28 heavy (non-hydrogen) atoms. The van der Waals surface area contributed by atoms with Gasteiger partial charge in [0.25, 0.3) is 5.91 Å². The lowest BCUT2D eigenvalue weighted by atomic mass is 10.1. The highest BCUT2D eigenvalue weighted by molar-refractivity contribution is 6.30. The second kappa shape index (κ2) is 8.12. The van der Waals surface area contributed by atoms with Crippen LogP contribution in [-0.2, 0) is 13.2 Å². The van der Waals surface area contributed by atoms with Crippen LogP contribution in [0.15, 0.2) is 40.8 Å².